The van der Waals surface area contributed by atoms with Gasteiger partial charge in [-0.25, -0.2) is 4.79 Å². The van der Waals surface area contributed by atoms with Crippen LogP contribution in [0.2, 0.25) is 0 Å². The van der Waals surface area contributed by atoms with Crippen LogP contribution in [-0.4, -0.2) is 51.9 Å². The second kappa shape index (κ2) is 6.74. The molecule has 1 amide bonds. The van der Waals surface area contributed by atoms with E-state index >= 15 is 0 Å². The fourth-order valence-corrected chi connectivity index (χ4v) is 2.92. The minimum Gasteiger partial charge on any atom is -0.497 e. The first-order valence-electron chi connectivity index (χ1n) is 7.79. The van der Waals surface area contributed by atoms with Crippen molar-refractivity contribution in [1.82, 2.24) is 14.7 Å². The Morgan fingerprint density at radius 3 is 2.62 bits per heavy atom. The van der Waals surface area contributed by atoms with Gasteiger partial charge in [0.15, 0.2) is 0 Å². The molecule has 0 atom stereocenters. The van der Waals surface area contributed by atoms with Crippen LogP contribution in [0, 0.1) is 0 Å². The zero-order valence-corrected chi connectivity index (χ0v) is 13.4. The number of aromatic carboxylic acids is 1. The van der Waals surface area contributed by atoms with Crippen molar-refractivity contribution in [3.63, 3.8) is 0 Å². The largest absolute Gasteiger partial charge is 0.497 e. The molecule has 0 unspecified atom stereocenters. The van der Waals surface area contributed by atoms with E-state index in [1.807, 2.05) is 4.90 Å². The van der Waals surface area contributed by atoms with Crippen molar-refractivity contribution < 1.29 is 19.4 Å². The monoisotopic (exact) mass is 329 g/mol. The molecule has 7 heteroatoms. The topological polar surface area (TPSA) is 84.7 Å². The summed E-state index contributed by atoms with van der Waals surface area (Å²) in [6.07, 6.45) is 4.40. The molecule has 7 nitrogen and oxygen atoms in total. The Balaban J connectivity index is 1.63. The molecule has 2 aromatic rings. The van der Waals surface area contributed by atoms with E-state index in [2.05, 4.69) is 5.10 Å². The summed E-state index contributed by atoms with van der Waals surface area (Å²) in [5.74, 6) is -0.334. The highest BCUT2D eigenvalue weighted by Gasteiger charge is 2.25. The third-order valence-corrected chi connectivity index (χ3v) is 4.29. The molecule has 1 aromatic carbocycles. The summed E-state index contributed by atoms with van der Waals surface area (Å²) >= 11 is 0. The van der Waals surface area contributed by atoms with Gasteiger partial charge in [-0.1, -0.05) is 6.07 Å². The molecule has 0 aliphatic carbocycles. The van der Waals surface area contributed by atoms with Crippen molar-refractivity contribution in [3.05, 3.63) is 47.8 Å². The van der Waals surface area contributed by atoms with Crippen LogP contribution in [0.5, 0.6) is 5.75 Å². The quantitative estimate of drug-likeness (QED) is 0.928. The van der Waals surface area contributed by atoms with E-state index in [1.165, 1.54) is 6.20 Å². The van der Waals surface area contributed by atoms with Gasteiger partial charge < -0.3 is 14.7 Å². The molecule has 0 bridgehead atoms. The number of aromatic nitrogens is 2. The van der Waals surface area contributed by atoms with Crippen LogP contribution < -0.4 is 4.74 Å². The number of benzene rings is 1. The maximum Gasteiger partial charge on any atom is 0.338 e. The Bertz CT molecular complexity index is 748. The normalized spacial score (nSPS) is 15.3. The van der Waals surface area contributed by atoms with Crippen molar-refractivity contribution in [3.8, 4) is 5.75 Å². The van der Waals surface area contributed by atoms with Gasteiger partial charge in [-0.15, -0.1) is 0 Å². The first-order valence-corrected chi connectivity index (χ1v) is 7.79. The number of ether oxygens (including phenoxy) is 1. The third kappa shape index (κ3) is 3.24. The molecule has 1 N–H and O–H groups in total. The number of carbonyl (C=O) groups excluding carboxylic acids is 1. The fourth-order valence-electron chi connectivity index (χ4n) is 2.92. The highest BCUT2D eigenvalue weighted by molar-refractivity contribution is 5.94. The van der Waals surface area contributed by atoms with Crippen molar-refractivity contribution in [2.75, 3.05) is 20.2 Å². The molecule has 126 valence electrons. The third-order valence-electron chi connectivity index (χ3n) is 4.29. The van der Waals surface area contributed by atoms with Crippen molar-refractivity contribution in [1.29, 1.82) is 0 Å². The maximum absolute atomic E-state index is 12.6. The second-order valence-electron chi connectivity index (χ2n) is 5.77. The van der Waals surface area contributed by atoms with E-state index < -0.39 is 5.97 Å². The molecule has 1 aliphatic heterocycles. The van der Waals surface area contributed by atoms with Crippen LogP contribution in [0.1, 0.15) is 39.6 Å². The number of carboxylic acid groups (broad SMARTS) is 1. The van der Waals surface area contributed by atoms with Gasteiger partial charge in [0.25, 0.3) is 5.91 Å². The fraction of sp³-hybridized carbons (Fsp3) is 0.353. The van der Waals surface area contributed by atoms with Gasteiger partial charge in [0, 0.05) is 24.8 Å². The van der Waals surface area contributed by atoms with E-state index in [0.29, 0.717) is 24.4 Å². The average Bonchev–Trinajstić information content (AvgIpc) is 3.12. The smallest absolute Gasteiger partial charge is 0.338 e. The van der Waals surface area contributed by atoms with E-state index in [4.69, 9.17) is 9.84 Å². The van der Waals surface area contributed by atoms with Crippen LogP contribution in [0.3, 0.4) is 0 Å². The van der Waals surface area contributed by atoms with Crippen molar-refractivity contribution in [2.45, 2.75) is 18.9 Å². The number of hydrogen-bond donors (Lipinski definition) is 1. The van der Waals surface area contributed by atoms with Crippen molar-refractivity contribution >= 4 is 11.9 Å². The first-order chi connectivity index (χ1) is 11.6. The Morgan fingerprint density at radius 1 is 1.25 bits per heavy atom. The Labute approximate surface area is 139 Å². The molecule has 1 saturated heterocycles. The summed E-state index contributed by atoms with van der Waals surface area (Å²) in [4.78, 5) is 25.3. The molecule has 0 spiro atoms. The molecule has 0 saturated carbocycles. The summed E-state index contributed by atoms with van der Waals surface area (Å²) in [6.45, 7) is 1.23. The summed E-state index contributed by atoms with van der Waals surface area (Å²) < 4.78 is 6.85. The number of hydrogen-bond acceptors (Lipinski definition) is 4. The second-order valence-corrected chi connectivity index (χ2v) is 5.77. The number of carboxylic acids is 1. The summed E-state index contributed by atoms with van der Waals surface area (Å²) in [7, 11) is 1.57. The van der Waals surface area contributed by atoms with Gasteiger partial charge in [0.2, 0.25) is 0 Å². The molecule has 1 aromatic heterocycles. The predicted octanol–water partition coefficient (Wildman–Crippen LogP) is 2.07. The SMILES string of the molecule is COc1cccc(C(=O)N2CCC(n3cc(C(=O)O)cn3)CC2)c1. The number of nitrogens with zero attached hydrogens (tertiary/aromatic N) is 3. The average molecular weight is 329 g/mol. The van der Waals surface area contributed by atoms with Crippen LogP contribution in [0.15, 0.2) is 36.7 Å². The first kappa shape index (κ1) is 16.0. The standard InChI is InChI=1S/C17H19N3O4/c1-24-15-4-2-3-12(9-15)16(21)19-7-5-14(6-8-19)20-11-13(10-18-20)17(22)23/h2-4,9-11,14H,5-8H2,1H3,(H,22,23). The molecule has 1 aliphatic rings. The number of piperidine rings is 1. The number of likely N-dealkylation sites (tertiary alicyclic amines) is 1. The van der Waals surface area contributed by atoms with E-state index in [-0.39, 0.29) is 17.5 Å². The Kier molecular flexibility index (Phi) is 4.50. The number of carbonyl (C=O) groups is 2. The lowest BCUT2D eigenvalue weighted by molar-refractivity contribution is 0.0688. The van der Waals surface area contributed by atoms with Crippen molar-refractivity contribution in [2.24, 2.45) is 0 Å². The zero-order valence-electron chi connectivity index (χ0n) is 13.4. The van der Waals surface area contributed by atoms with Gasteiger partial charge >= 0.3 is 5.97 Å². The van der Waals surface area contributed by atoms with Crippen LogP contribution in [-0.2, 0) is 0 Å². The minimum absolute atomic E-state index is 0.0148. The molecule has 0 radical (unpaired) electrons. The molecular formula is C17H19N3O4. The number of amides is 1. The van der Waals surface area contributed by atoms with Gasteiger partial charge in [-0.2, -0.15) is 5.10 Å². The van der Waals surface area contributed by atoms with Gasteiger partial charge in [-0.05, 0) is 31.0 Å². The lowest BCUT2D eigenvalue weighted by atomic mass is 10.0. The lowest BCUT2D eigenvalue weighted by Crippen LogP contribution is -2.39. The van der Waals surface area contributed by atoms with E-state index in [1.54, 1.807) is 42.3 Å². The molecule has 3 rings (SSSR count). The molecular weight excluding hydrogens is 310 g/mol. The van der Waals surface area contributed by atoms with Gasteiger partial charge in [-0.3, -0.25) is 9.48 Å². The highest BCUT2D eigenvalue weighted by atomic mass is 16.5. The zero-order chi connectivity index (χ0) is 17.1. The van der Waals surface area contributed by atoms with Gasteiger partial charge in [0.1, 0.15) is 5.75 Å². The van der Waals surface area contributed by atoms with E-state index in [0.717, 1.165) is 12.8 Å². The van der Waals surface area contributed by atoms with Gasteiger partial charge in [0.05, 0.1) is 24.9 Å². The minimum atomic E-state index is -0.980. The Morgan fingerprint density at radius 2 is 2.00 bits per heavy atom. The highest BCUT2D eigenvalue weighted by Crippen LogP contribution is 2.24. The van der Waals surface area contributed by atoms with E-state index in [9.17, 15) is 9.59 Å². The summed E-state index contributed by atoms with van der Waals surface area (Å²) in [5.41, 5.74) is 0.796. The molecule has 1 fully saturated rings. The van der Waals surface area contributed by atoms with Crippen LogP contribution >= 0.6 is 0 Å². The summed E-state index contributed by atoms with van der Waals surface area (Å²) in [6, 6.07) is 7.24. The van der Waals surface area contributed by atoms with Crippen LogP contribution in [0.4, 0.5) is 0 Å². The summed E-state index contributed by atoms with van der Waals surface area (Å²) in [5, 5.41) is 13.1. The van der Waals surface area contributed by atoms with Crippen LogP contribution in [0.25, 0.3) is 0 Å². The maximum atomic E-state index is 12.6. The predicted molar refractivity (Wildman–Crippen MR) is 86.4 cm³/mol. The number of methoxy groups -OCH3 is 1. The Hall–Kier alpha value is -2.83. The number of rotatable bonds is 4. The molecule has 2 heterocycles. The molecule has 24 heavy (non-hydrogen) atoms. The lowest BCUT2D eigenvalue weighted by Gasteiger charge is -2.32.